The third kappa shape index (κ3) is 1.74. The zero-order chi connectivity index (χ0) is 12.5. The lowest BCUT2D eigenvalue weighted by molar-refractivity contribution is 0.476. The fourth-order valence-electron chi connectivity index (χ4n) is 2.21. The Morgan fingerprint density at radius 1 is 1.22 bits per heavy atom. The highest BCUT2D eigenvalue weighted by molar-refractivity contribution is 5.97. The lowest BCUT2D eigenvalue weighted by Crippen LogP contribution is -1.92. The van der Waals surface area contributed by atoms with Crippen LogP contribution >= 0.6 is 0 Å². The van der Waals surface area contributed by atoms with Gasteiger partial charge in [0.25, 0.3) is 0 Å². The Labute approximate surface area is 105 Å². The van der Waals surface area contributed by atoms with Gasteiger partial charge in [0.2, 0.25) is 0 Å². The van der Waals surface area contributed by atoms with Crippen molar-refractivity contribution in [3.8, 4) is 16.9 Å². The van der Waals surface area contributed by atoms with Crippen LogP contribution in [-0.4, -0.2) is 14.9 Å². The number of rotatable bonds is 2. The van der Waals surface area contributed by atoms with Crippen LogP contribution in [0.5, 0.6) is 5.75 Å². The average molecular weight is 238 g/mol. The highest BCUT2D eigenvalue weighted by atomic mass is 16.3. The van der Waals surface area contributed by atoms with Crippen LogP contribution in [-0.2, 0) is 6.54 Å². The van der Waals surface area contributed by atoms with E-state index in [0.717, 1.165) is 28.4 Å². The van der Waals surface area contributed by atoms with Crippen molar-refractivity contribution in [2.24, 2.45) is 0 Å². The maximum Gasteiger partial charge on any atom is 0.116 e. The fraction of sp³-hybridized carbons (Fsp3) is 0.133. The molecule has 0 radical (unpaired) electrons. The average Bonchev–Trinajstić information content (AvgIpc) is 2.86. The van der Waals surface area contributed by atoms with E-state index in [1.54, 1.807) is 12.1 Å². The number of aryl methyl sites for hydroxylation is 1. The van der Waals surface area contributed by atoms with Gasteiger partial charge in [0, 0.05) is 18.3 Å². The Balaban J connectivity index is 2.27. The minimum atomic E-state index is 0.285. The maximum absolute atomic E-state index is 9.81. The number of phenolic OH excluding ortho intramolecular Hbond substituents is 1. The Bertz CT molecular complexity index is 701. The maximum atomic E-state index is 9.81. The first-order valence-corrected chi connectivity index (χ1v) is 6.02. The van der Waals surface area contributed by atoms with Crippen LogP contribution in [0.25, 0.3) is 21.9 Å². The first-order valence-electron chi connectivity index (χ1n) is 6.02. The second-order valence-corrected chi connectivity index (χ2v) is 4.30. The summed E-state index contributed by atoms with van der Waals surface area (Å²) in [6, 6.07) is 11.6. The quantitative estimate of drug-likeness (QED) is 0.742. The van der Waals surface area contributed by atoms with Crippen molar-refractivity contribution in [1.29, 1.82) is 0 Å². The van der Waals surface area contributed by atoms with Gasteiger partial charge in [-0.25, -0.2) is 0 Å². The summed E-state index contributed by atoms with van der Waals surface area (Å²) in [5.41, 5.74) is 2.05. The van der Waals surface area contributed by atoms with E-state index in [1.807, 2.05) is 35.3 Å². The minimum Gasteiger partial charge on any atom is -0.508 e. The summed E-state index contributed by atoms with van der Waals surface area (Å²) in [7, 11) is 0. The van der Waals surface area contributed by atoms with Crippen LogP contribution in [0.2, 0.25) is 0 Å². The molecule has 90 valence electrons. The van der Waals surface area contributed by atoms with Gasteiger partial charge in [-0.05, 0) is 35.4 Å². The molecule has 0 atom stereocenters. The van der Waals surface area contributed by atoms with Crippen molar-refractivity contribution in [2.75, 3.05) is 0 Å². The first kappa shape index (κ1) is 10.8. The van der Waals surface area contributed by atoms with Crippen molar-refractivity contribution in [3.63, 3.8) is 0 Å². The molecule has 1 aromatic heterocycles. The van der Waals surface area contributed by atoms with E-state index < -0.39 is 0 Å². The molecule has 1 N–H and O–H groups in total. The number of hydrogen-bond donors (Lipinski definition) is 1. The molecule has 3 heteroatoms. The molecule has 2 aromatic carbocycles. The van der Waals surface area contributed by atoms with Crippen molar-refractivity contribution in [2.45, 2.75) is 13.5 Å². The van der Waals surface area contributed by atoms with Crippen molar-refractivity contribution in [3.05, 3.63) is 48.8 Å². The summed E-state index contributed by atoms with van der Waals surface area (Å²) in [4.78, 5) is 0. The normalized spacial score (nSPS) is 10.9. The fourth-order valence-corrected chi connectivity index (χ4v) is 2.21. The van der Waals surface area contributed by atoms with Crippen molar-refractivity contribution >= 4 is 10.8 Å². The van der Waals surface area contributed by atoms with Crippen molar-refractivity contribution in [1.82, 2.24) is 9.78 Å². The molecule has 0 saturated heterocycles. The summed E-state index contributed by atoms with van der Waals surface area (Å²) < 4.78 is 1.88. The second-order valence-electron chi connectivity index (χ2n) is 4.30. The molecular weight excluding hydrogens is 224 g/mol. The number of aromatic hydroxyl groups is 1. The Morgan fingerprint density at radius 3 is 2.83 bits per heavy atom. The molecule has 1 heterocycles. The van der Waals surface area contributed by atoms with Gasteiger partial charge in [0.15, 0.2) is 0 Å². The minimum absolute atomic E-state index is 0.285. The number of phenols is 1. The molecule has 0 unspecified atom stereocenters. The standard InChI is InChI=1S/C15H14N2O/c1-2-17-10-12(9-16-17)15-8-13(18)7-11-5-3-4-6-14(11)15/h3-10,18H,2H2,1H3. The number of hydrogen-bond acceptors (Lipinski definition) is 2. The third-order valence-electron chi connectivity index (χ3n) is 3.11. The Hall–Kier alpha value is -2.29. The van der Waals surface area contributed by atoms with Crippen LogP contribution in [0, 0.1) is 0 Å². The van der Waals surface area contributed by atoms with E-state index in [2.05, 4.69) is 18.1 Å². The summed E-state index contributed by atoms with van der Waals surface area (Å²) in [6.07, 6.45) is 3.84. The lowest BCUT2D eigenvalue weighted by atomic mass is 10.0. The van der Waals surface area contributed by atoms with Crippen LogP contribution in [0.15, 0.2) is 48.8 Å². The first-order chi connectivity index (χ1) is 8.78. The van der Waals surface area contributed by atoms with E-state index in [-0.39, 0.29) is 5.75 Å². The molecular formula is C15H14N2O. The SMILES string of the molecule is CCn1cc(-c2cc(O)cc3ccccc23)cn1. The van der Waals surface area contributed by atoms with Gasteiger partial charge in [-0.15, -0.1) is 0 Å². The second kappa shape index (κ2) is 4.18. The molecule has 3 aromatic rings. The molecule has 3 rings (SSSR count). The summed E-state index contributed by atoms with van der Waals surface area (Å²) in [5, 5.41) is 16.3. The molecule has 0 bridgehead atoms. The highest BCUT2D eigenvalue weighted by Gasteiger charge is 2.07. The van der Waals surface area contributed by atoms with Gasteiger partial charge in [0.05, 0.1) is 6.20 Å². The topological polar surface area (TPSA) is 38.0 Å². The molecule has 0 aliphatic carbocycles. The highest BCUT2D eigenvalue weighted by Crippen LogP contribution is 2.32. The van der Waals surface area contributed by atoms with E-state index >= 15 is 0 Å². The van der Waals surface area contributed by atoms with Gasteiger partial charge in [0.1, 0.15) is 5.75 Å². The number of benzene rings is 2. The van der Waals surface area contributed by atoms with E-state index in [1.165, 1.54) is 0 Å². The zero-order valence-electron chi connectivity index (χ0n) is 10.2. The third-order valence-corrected chi connectivity index (χ3v) is 3.11. The van der Waals surface area contributed by atoms with E-state index in [4.69, 9.17) is 0 Å². The van der Waals surface area contributed by atoms with Gasteiger partial charge in [-0.3, -0.25) is 4.68 Å². The van der Waals surface area contributed by atoms with Crippen molar-refractivity contribution < 1.29 is 5.11 Å². The summed E-state index contributed by atoms with van der Waals surface area (Å²) in [6.45, 7) is 2.90. The van der Waals surface area contributed by atoms with Gasteiger partial charge in [-0.1, -0.05) is 24.3 Å². The number of fused-ring (bicyclic) bond motifs is 1. The molecule has 0 fully saturated rings. The van der Waals surface area contributed by atoms with E-state index in [9.17, 15) is 5.11 Å². The Kier molecular flexibility index (Phi) is 2.52. The molecule has 3 nitrogen and oxygen atoms in total. The number of nitrogens with zero attached hydrogens (tertiary/aromatic N) is 2. The molecule has 0 aliphatic rings. The summed E-state index contributed by atoms with van der Waals surface area (Å²) in [5.74, 6) is 0.285. The van der Waals surface area contributed by atoms with Gasteiger partial charge >= 0.3 is 0 Å². The van der Waals surface area contributed by atoms with E-state index in [0.29, 0.717) is 0 Å². The van der Waals surface area contributed by atoms with Crippen LogP contribution in [0.3, 0.4) is 0 Å². The Morgan fingerprint density at radius 2 is 2.06 bits per heavy atom. The molecule has 0 spiro atoms. The summed E-state index contributed by atoms with van der Waals surface area (Å²) >= 11 is 0. The lowest BCUT2D eigenvalue weighted by Gasteiger charge is -2.05. The molecule has 0 amide bonds. The van der Waals surface area contributed by atoms with Gasteiger partial charge in [-0.2, -0.15) is 5.10 Å². The van der Waals surface area contributed by atoms with Crippen LogP contribution in [0.4, 0.5) is 0 Å². The van der Waals surface area contributed by atoms with Gasteiger partial charge < -0.3 is 5.11 Å². The molecule has 18 heavy (non-hydrogen) atoms. The van der Waals surface area contributed by atoms with Crippen LogP contribution in [0.1, 0.15) is 6.92 Å². The largest absolute Gasteiger partial charge is 0.508 e. The zero-order valence-corrected chi connectivity index (χ0v) is 10.2. The molecule has 0 aliphatic heterocycles. The predicted octanol–water partition coefficient (Wildman–Crippen LogP) is 3.43. The smallest absolute Gasteiger partial charge is 0.116 e. The predicted molar refractivity (Wildman–Crippen MR) is 72.5 cm³/mol. The monoisotopic (exact) mass is 238 g/mol. The van der Waals surface area contributed by atoms with Crippen LogP contribution < -0.4 is 0 Å². The molecule has 0 saturated carbocycles. The number of aromatic nitrogens is 2.